The van der Waals surface area contributed by atoms with Gasteiger partial charge in [-0.3, -0.25) is 0 Å². The average Bonchev–Trinajstić information content (AvgIpc) is 2.06. The first-order valence-electron chi connectivity index (χ1n) is 4.95. The monoisotopic (exact) mass is 885 g/mol. The van der Waals surface area contributed by atoms with Crippen molar-refractivity contribution in [3.8, 4) is 0 Å². The van der Waals surface area contributed by atoms with E-state index in [-0.39, 0.29) is 138 Å². The number of aliphatic hydroxyl groups excluding tert-OH is 3. The van der Waals surface area contributed by atoms with Gasteiger partial charge in [-0.1, -0.05) is 20.8 Å². The fourth-order valence-corrected chi connectivity index (χ4v) is 1.77. The van der Waals surface area contributed by atoms with Gasteiger partial charge in [0, 0.05) is 132 Å². The molecule has 1 aliphatic heterocycles. The van der Waals surface area contributed by atoms with Crippen LogP contribution in [0, 0.1) is 138 Å². The van der Waals surface area contributed by atoms with Crippen LogP contribution in [0.2, 0.25) is 0 Å². The van der Waals surface area contributed by atoms with Crippen molar-refractivity contribution in [2.24, 2.45) is 5.41 Å². The average molecular weight is 885 g/mol. The number of ether oxygens (including phenoxy) is 1. The SMILES string of the molecule is C[C@H]1O[C@@H](C(C)(C)C)[C@H](O)[C@@H](O)[C@@H]1O.[Ac].[Ac].[Ac]. The van der Waals surface area contributed by atoms with Gasteiger partial charge in [-0.15, -0.1) is 0 Å². The molecule has 3 N–H and O–H groups in total. The molecule has 0 amide bonds. The number of hydrogen-bond acceptors (Lipinski definition) is 4. The molecule has 0 aromatic carbocycles. The van der Waals surface area contributed by atoms with Gasteiger partial charge < -0.3 is 20.1 Å². The predicted molar refractivity (Wildman–Crippen MR) is 51.8 cm³/mol. The zero-order chi connectivity index (χ0) is 11.1. The van der Waals surface area contributed by atoms with E-state index in [4.69, 9.17) is 4.74 Å². The Morgan fingerprint density at radius 2 is 1.24 bits per heavy atom. The van der Waals surface area contributed by atoms with Gasteiger partial charge in [0.1, 0.15) is 18.3 Å². The van der Waals surface area contributed by atoms with Gasteiger partial charge in [-0.05, 0) is 12.3 Å². The Labute approximate surface area is 211 Å². The molecular weight excluding hydrogens is 865 g/mol. The maximum absolute atomic E-state index is 9.73. The third kappa shape index (κ3) is 7.31. The molecule has 4 nitrogen and oxygen atoms in total. The van der Waals surface area contributed by atoms with E-state index in [1.54, 1.807) is 6.92 Å². The van der Waals surface area contributed by atoms with Gasteiger partial charge in [0.15, 0.2) is 0 Å². The molecule has 7 heteroatoms. The van der Waals surface area contributed by atoms with Crippen LogP contribution in [-0.4, -0.2) is 45.8 Å². The zero-order valence-corrected chi connectivity index (χ0v) is 25.1. The molecule has 93 valence electrons. The van der Waals surface area contributed by atoms with Crippen LogP contribution < -0.4 is 0 Å². The van der Waals surface area contributed by atoms with Crippen molar-refractivity contribution >= 4 is 0 Å². The van der Waals surface area contributed by atoms with Crippen molar-refractivity contribution in [2.45, 2.75) is 58.2 Å². The maximum atomic E-state index is 9.73. The van der Waals surface area contributed by atoms with Crippen LogP contribution in [-0.2, 0) is 4.74 Å². The summed E-state index contributed by atoms with van der Waals surface area (Å²) in [7, 11) is 0. The van der Waals surface area contributed by atoms with E-state index in [9.17, 15) is 15.3 Å². The van der Waals surface area contributed by atoms with Crippen molar-refractivity contribution in [3.63, 3.8) is 0 Å². The minimum absolute atomic E-state index is 0. The predicted octanol–water partition coefficient (Wildman–Crippen LogP) is -0.0975. The van der Waals surface area contributed by atoms with Gasteiger partial charge >= 0.3 is 0 Å². The molecule has 1 saturated heterocycles. The molecule has 1 rings (SSSR count). The smallest absolute Gasteiger partial charge is 0.111 e. The maximum Gasteiger partial charge on any atom is 0.111 e. The van der Waals surface area contributed by atoms with E-state index in [2.05, 4.69) is 0 Å². The topological polar surface area (TPSA) is 69.9 Å². The molecule has 0 saturated carbocycles. The van der Waals surface area contributed by atoms with Gasteiger partial charge in [-0.2, -0.15) is 0 Å². The Kier molecular flexibility index (Phi) is 16.6. The summed E-state index contributed by atoms with van der Waals surface area (Å²) in [5.74, 6) is 0. The second-order valence-electron chi connectivity index (χ2n) is 5.10. The summed E-state index contributed by atoms with van der Waals surface area (Å²) in [6, 6.07) is 0. The van der Waals surface area contributed by atoms with E-state index >= 15 is 0 Å². The van der Waals surface area contributed by atoms with Crippen molar-refractivity contribution in [2.75, 3.05) is 0 Å². The molecule has 3 radical (unpaired) electrons. The van der Waals surface area contributed by atoms with Crippen LogP contribution in [0.15, 0.2) is 0 Å². The second kappa shape index (κ2) is 10.8. The summed E-state index contributed by atoms with van der Waals surface area (Å²) in [6.45, 7) is 7.48. The summed E-state index contributed by atoms with van der Waals surface area (Å²) in [5.41, 5.74) is -0.255. The largest absolute Gasteiger partial charge is 0.388 e. The van der Waals surface area contributed by atoms with Gasteiger partial charge in [0.05, 0.1) is 12.2 Å². The molecule has 0 bridgehead atoms. The molecule has 17 heavy (non-hydrogen) atoms. The second-order valence-corrected chi connectivity index (χ2v) is 5.10. The molecule has 0 aromatic rings. The minimum atomic E-state index is -1.12. The molecule has 0 aliphatic carbocycles. The van der Waals surface area contributed by atoms with E-state index < -0.39 is 30.5 Å². The summed E-state index contributed by atoms with van der Waals surface area (Å²) in [4.78, 5) is 0. The van der Waals surface area contributed by atoms with Crippen LogP contribution in [0.1, 0.15) is 27.7 Å². The Bertz CT molecular complexity index is 210. The van der Waals surface area contributed by atoms with Crippen molar-refractivity contribution in [3.05, 3.63) is 0 Å². The Morgan fingerprint density at radius 3 is 1.59 bits per heavy atom. The fourth-order valence-electron chi connectivity index (χ4n) is 1.77. The Hall–Kier alpha value is 4.16. The normalized spacial score (nSPS) is 37.2. The summed E-state index contributed by atoms with van der Waals surface area (Å²) in [5, 5.41) is 28.8. The van der Waals surface area contributed by atoms with Gasteiger partial charge in [-0.25, -0.2) is 0 Å². The third-order valence-electron chi connectivity index (χ3n) is 2.71. The fraction of sp³-hybridized carbons (Fsp3) is 1.00. The first-order chi connectivity index (χ1) is 6.25. The quantitative estimate of drug-likeness (QED) is 0.319. The van der Waals surface area contributed by atoms with Crippen molar-refractivity contribution < 1.29 is 152 Å². The molecule has 0 spiro atoms. The molecule has 0 aromatic heterocycles. The van der Waals surface area contributed by atoms with E-state index in [0.717, 1.165) is 0 Å². The molecular formula is C10H20Ac3O4. The van der Waals surface area contributed by atoms with E-state index in [1.165, 1.54) is 0 Å². The molecule has 1 heterocycles. The Balaban J connectivity index is -0.000000653. The molecule has 1 fully saturated rings. The summed E-state index contributed by atoms with van der Waals surface area (Å²) >= 11 is 0. The van der Waals surface area contributed by atoms with Gasteiger partial charge in [0.25, 0.3) is 0 Å². The van der Waals surface area contributed by atoms with Crippen molar-refractivity contribution in [1.29, 1.82) is 0 Å². The standard InChI is InChI=1S/C10H20O4.3Ac/c1-5-6(11)7(12)8(13)9(14-5)10(2,3)4;;;/h5-9,11-13H,1-4H3;;;/t5-,6-,7+,8-,9-;;;/m1.../s1. The van der Waals surface area contributed by atoms with Crippen LogP contribution in [0.3, 0.4) is 0 Å². The first kappa shape index (κ1) is 26.1. The molecule has 5 atom stereocenters. The van der Waals surface area contributed by atoms with Crippen molar-refractivity contribution in [1.82, 2.24) is 0 Å². The van der Waals surface area contributed by atoms with Crippen LogP contribution >= 0.6 is 0 Å². The minimum Gasteiger partial charge on any atom is -0.388 e. The third-order valence-corrected chi connectivity index (χ3v) is 2.71. The first-order valence-corrected chi connectivity index (χ1v) is 4.95. The number of aliphatic hydroxyl groups is 3. The van der Waals surface area contributed by atoms with Crippen LogP contribution in [0.4, 0.5) is 0 Å². The van der Waals surface area contributed by atoms with E-state index in [0.29, 0.717) is 0 Å². The number of rotatable bonds is 0. The number of hydrogen-bond donors (Lipinski definition) is 3. The Morgan fingerprint density at radius 1 is 0.824 bits per heavy atom. The van der Waals surface area contributed by atoms with Crippen LogP contribution in [0.25, 0.3) is 0 Å². The van der Waals surface area contributed by atoms with Gasteiger partial charge in [0.2, 0.25) is 0 Å². The molecule has 0 unspecified atom stereocenters. The summed E-state index contributed by atoms with van der Waals surface area (Å²) < 4.78 is 5.49. The molecule has 1 aliphatic rings. The van der Waals surface area contributed by atoms with Crippen LogP contribution in [0.5, 0.6) is 0 Å². The zero-order valence-electron chi connectivity index (χ0n) is 10.9. The van der Waals surface area contributed by atoms with E-state index in [1.807, 2.05) is 20.8 Å². The summed E-state index contributed by atoms with van der Waals surface area (Å²) in [6.07, 6.45) is -4.05.